The SMILES string of the molecule is CCOCCCNc1nc2ccc(F)cn2n1. The highest BCUT2D eigenvalue weighted by molar-refractivity contribution is 5.42. The number of hydrogen-bond donors (Lipinski definition) is 1. The van der Waals surface area contributed by atoms with Crippen molar-refractivity contribution in [2.45, 2.75) is 13.3 Å². The van der Waals surface area contributed by atoms with E-state index in [4.69, 9.17) is 4.74 Å². The molecular weight excluding hydrogens is 223 g/mol. The minimum Gasteiger partial charge on any atom is -0.382 e. The molecule has 0 amide bonds. The third-order valence-corrected chi connectivity index (χ3v) is 2.25. The quantitative estimate of drug-likeness (QED) is 0.778. The summed E-state index contributed by atoms with van der Waals surface area (Å²) >= 11 is 0. The summed E-state index contributed by atoms with van der Waals surface area (Å²) < 4.78 is 19.5. The van der Waals surface area contributed by atoms with E-state index in [0.29, 0.717) is 18.2 Å². The summed E-state index contributed by atoms with van der Waals surface area (Å²) in [5.74, 6) is 0.178. The molecule has 2 heterocycles. The van der Waals surface area contributed by atoms with Gasteiger partial charge in [0.25, 0.3) is 0 Å². The summed E-state index contributed by atoms with van der Waals surface area (Å²) in [7, 11) is 0. The Morgan fingerprint density at radius 1 is 1.47 bits per heavy atom. The van der Waals surface area contributed by atoms with Crippen LogP contribution >= 0.6 is 0 Å². The van der Waals surface area contributed by atoms with Gasteiger partial charge in [-0.05, 0) is 25.5 Å². The van der Waals surface area contributed by atoms with Crippen LogP contribution in [-0.4, -0.2) is 34.4 Å². The lowest BCUT2D eigenvalue weighted by Gasteiger charge is -2.01. The fourth-order valence-corrected chi connectivity index (χ4v) is 1.45. The number of ether oxygens (including phenoxy) is 1. The van der Waals surface area contributed by atoms with Crippen LogP contribution < -0.4 is 5.32 Å². The molecule has 0 saturated heterocycles. The van der Waals surface area contributed by atoms with Gasteiger partial charge in [0.2, 0.25) is 5.95 Å². The summed E-state index contributed by atoms with van der Waals surface area (Å²) in [5.41, 5.74) is 0.624. The number of anilines is 1. The Kier molecular flexibility index (Phi) is 3.87. The van der Waals surface area contributed by atoms with Crippen molar-refractivity contribution >= 4 is 11.6 Å². The van der Waals surface area contributed by atoms with Crippen LogP contribution in [0.5, 0.6) is 0 Å². The van der Waals surface area contributed by atoms with Gasteiger partial charge in [-0.1, -0.05) is 0 Å². The Hall–Kier alpha value is -1.69. The van der Waals surface area contributed by atoms with Gasteiger partial charge in [0.05, 0.1) is 6.20 Å². The maximum Gasteiger partial charge on any atom is 0.243 e. The normalized spacial score (nSPS) is 10.9. The molecule has 0 spiro atoms. The molecule has 1 N–H and O–H groups in total. The van der Waals surface area contributed by atoms with Gasteiger partial charge in [-0.15, -0.1) is 5.10 Å². The number of pyridine rings is 1. The van der Waals surface area contributed by atoms with E-state index in [1.54, 1.807) is 6.07 Å². The predicted molar refractivity (Wildman–Crippen MR) is 62.5 cm³/mol. The summed E-state index contributed by atoms with van der Waals surface area (Å²) in [6.07, 6.45) is 2.19. The average molecular weight is 238 g/mol. The fraction of sp³-hybridized carbons (Fsp3) is 0.455. The number of hydrogen-bond acceptors (Lipinski definition) is 4. The molecule has 17 heavy (non-hydrogen) atoms. The van der Waals surface area contributed by atoms with Crippen molar-refractivity contribution in [1.29, 1.82) is 0 Å². The second-order valence-corrected chi connectivity index (χ2v) is 3.56. The fourth-order valence-electron chi connectivity index (χ4n) is 1.45. The molecule has 0 atom stereocenters. The predicted octanol–water partition coefficient (Wildman–Crippen LogP) is 1.71. The number of nitrogens with one attached hydrogen (secondary N) is 1. The zero-order chi connectivity index (χ0) is 12.1. The van der Waals surface area contributed by atoms with Crippen molar-refractivity contribution in [3.05, 3.63) is 24.1 Å². The molecule has 0 saturated carbocycles. The molecule has 0 fully saturated rings. The zero-order valence-corrected chi connectivity index (χ0v) is 9.69. The molecule has 0 bridgehead atoms. The van der Waals surface area contributed by atoms with Crippen LogP contribution in [0.3, 0.4) is 0 Å². The summed E-state index contributed by atoms with van der Waals surface area (Å²) in [4.78, 5) is 4.20. The first-order valence-electron chi connectivity index (χ1n) is 5.63. The van der Waals surface area contributed by atoms with Crippen LogP contribution in [0, 0.1) is 5.82 Å². The van der Waals surface area contributed by atoms with E-state index >= 15 is 0 Å². The molecule has 92 valence electrons. The average Bonchev–Trinajstić information content (AvgIpc) is 2.70. The van der Waals surface area contributed by atoms with Crippen molar-refractivity contribution in [2.75, 3.05) is 25.1 Å². The third-order valence-electron chi connectivity index (χ3n) is 2.25. The number of fused-ring (bicyclic) bond motifs is 1. The van der Waals surface area contributed by atoms with Gasteiger partial charge in [0.1, 0.15) is 5.82 Å². The van der Waals surface area contributed by atoms with E-state index in [0.717, 1.165) is 19.6 Å². The second kappa shape index (κ2) is 5.58. The zero-order valence-electron chi connectivity index (χ0n) is 9.69. The molecule has 0 aliphatic carbocycles. The second-order valence-electron chi connectivity index (χ2n) is 3.56. The van der Waals surface area contributed by atoms with E-state index in [1.807, 2.05) is 6.92 Å². The maximum absolute atomic E-state index is 12.9. The summed E-state index contributed by atoms with van der Waals surface area (Å²) in [5, 5.41) is 7.17. The minimum atomic E-state index is -0.328. The van der Waals surface area contributed by atoms with Crippen molar-refractivity contribution in [2.24, 2.45) is 0 Å². The van der Waals surface area contributed by atoms with Gasteiger partial charge in [0, 0.05) is 19.8 Å². The van der Waals surface area contributed by atoms with Gasteiger partial charge < -0.3 is 10.1 Å². The maximum atomic E-state index is 12.9. The summed E-state index contributed by atoms with van der Waals surface area (Å²) in [6.45, 7) is 4.14. The number of nitrogens with zero attached hydrogens (tertiary/aromatic N) is 3. The summed E-state index contributed by atoms with van der Waals surface area (Å²) in [6, 6.07) is 2.95. The molecule has 0 aliphatic heterocycles. The molecule has 2 aromatic rings. The number of rotatable bonds is 6. The van der Waals surface area contributed by atoms with Gasteiger partial charge in [-0.3, -0.25) is 0 Å². The Balaban J connectivity index is 1.91. The molecule has 0 unspecified atom stereocenters. The molecule has 2 rings (SSSR count). The first-order valence-corrected chi connectivity index (χ1v) is 5.63. The first kappa shape index (κ1) is 11.8. The topological polar surface area (TPSA) is 51.5 Å². The Labute approximate surface area is 98.6 Å². The Morgan fingerprint density at radius 3 is 3.18 bits per heavy atom. The highest BCUT2D eigenvalue weighted by Gasteiger charge is 2.02. The van der Waals surface area contributed by atoms with Gasteiger partial charge in [-0.2, -0.15) is 4.98 Å². The van der Waals surface area contributed by atoms with Crippen molar-refractivity contribution in [3.63, 3.8) is 0 Å². The molecule has 2 aromatic heterocycles. The molecular formula is C11H15FN4O. The van der Waals surface area contributed by atoms with E-state index in [1.165, 1.54) is 16.8 Å². The lowest BCUT2D eigenvalue weighted by Crippen LogP contribution is -2.06. The van der Waals surface area contributed by atoms with Crippen LogP contribution in [0.15, 0.2) is 18.3 Å². The lowest BCUT2D eigenvalue weighted by atomic mass is 10.4. The molecule has 0 aliphatic rings. The Bertz CT molecular complexity index is 485. The number of aromatic nitrogens is 3. The first-order chi connectivity index (χ1) is 8.29. The molecule has 0 radical (unpaired) electrons. The standard InChI is InChI=1S/C11H15FN4O/c1-2-17-7-3-6-13-11-14-10-5-4-9(12)8-16(10)15-11/h4-5,8H,2-3,6-7H2,1H3,(H,13,15). The van der Waals surface area contributed by atoms with Gasteiger partial charge >= 0.3 is 0 Å². The van der Waals surface area contributed by atoms with Crippen LogP contribution in [0.1, 0.15) is 13.3 Å². The highest BCUT2D eigenvalue weighted by atomic mass is 19.1. The van der Waals surface area contributed by atoms with E-state index in [2.05, 4.69) is 15.4 Å². The molecule has 5 nitrogen and oxygen atoms in total. The highest BCUT2D eigenvalue weighted by Crippen LogP contribution is 2.06. The van der Waals surface area contributed by atoms with Crippen LogP contribution in [0.25, 0.3) is 5.65 Å². The van der Waals surface area contributed by atoms with Crippen molar-refractivity contribution < 1.29 is 9.13 Å². The van der Waals surface area contributed by atoms with Crippen LogP contribution in [-0.2, 0) is 4.74 Å². The number of halogens is 1. The van der Waals surface area contributed by atoms with Crippen LogP contribution in [0.4, 0.5) is 10.3 Å². The van der Waals surface area contributed by atoms with Crippen molar-refractivity contribution in [1.82, 2.24) is 14.6 Å². The smallest absolute Gasteiger partial charge is 0.243 e. The Morgan fingerprint density at radius 2 is 2.35 bits per heavy atom. The van der Waals surface area contributed by atoms with E-state index in [9.17, 15) is 4.39 Å². The monoisotopic (exact) mass is 238 g/mol. The molecule has 0 aromatic carbocycles. The largest absolute Gasteiger partial charge is 0.382 e. The minimum absolute atomic E-state index is 0.328. The van der Waals surface area contributed by atoms with Crippen molar-refractivity contribution in [3.8, 4) is 0 Å². The van der Waals surface area contributed by atoms with Gasteiger partial charge in [-0.25, -0.2) is 8.91 Å². The van der Waals surface area contributed by atoms with E-state index < -0.39 is 0 Å². The third kappa shape index (κ3) is 3.13. The van der Waals surface area contributed by atoms with Gasteiger partial charge in [0.15, 0.2) is 5.65 Å². The van der Waals surface area contributed by atoms with E-state index in [-0.39, 0.29) is 5.82 Å². The van der Waals surface area contributed by atoms with Crippen LogP contribution in [0.2, 0.25) is 0 Å². The lowest BCUT2D eigenvalue weighted by molar-refractivity contribution is 0.147. The molecule has 6 heteroatoms.